The third kappa shape index (κ3) is 2.77. The molecule has 0 saturated carbocycles. The van der Waals surface area contributed by atoms with Gasteiger partial charge < -0.3 is 16.0 Å². The molecule has 1 heterocycles. The molecule has 0 unspecified atom stereocenters. The highest BCUT2D eigenvalue weighted by atomic mass is 16.2. The Morgan fingerprint density at radius 2 is 2.29 bits per heavy atom. The van der Waals surface area contributed by atoms with Gasteiger partial charge in [0.05, 0.1) is 6.54 Å². The summed E-state index contributed by atoms with van der Waals surface area (Å²) in [5.41, 5.74) is 9.18. The number of hydrogen-bond donors (Lipinski definition) is 2. The van der Waals surface area contributed by atoms with Gasteiger partial charge in [-0.15, -0.1) is 0 Å². The highest BCUT2D eigenvalue weighted by molar-refractivity contribution is 5.82. The Kier molecular flexibility index (Phi) is 3.64. The Labute approximate surface area is 102 Å². The maximum Gasteiger partial charge on any atom is 0.239 e. The minimum absolute atomic E-state index is 0.0889. The number of benzene rings is 1. The van der Waals surface area contributed by atoms with Gasteiger partial charge in [-0.25, -0.2) is 0 Å². The zero-order valence-corrected chi connectivity index (χ0v) is 10.2. The van der Waals surface area contributed by atoms with Crippen LogP contribution in [0.25, 0.3) is 0 Å². The predicted molar refractivity (Wildman–Crippen MR) is 68.9 cm³/mol. The van der Waals surface area contributed by atoms with E-state index in [0.29, 0.717) is 13.1 Å². The molecule has 1 aromatic carbocycles. The van der Waals surface area contributed by atoms with Gasteiger partial charge in [0.25, 0.3) is 0 Å². The molecule has 1 amide bonds. The molecule has 0 radical (unpaired) electrons. The van der Waals surface area contributed by atoms with Gasteiger partial charge in [0.1, 0.15) is 0 Å². The predicted octanol–water partition coefficient (Wildman–Crippen LogP) is 0.780. The van der Waals surface area contributed by atoms with Crippen LogP contribution in [-0.2, 0) is 11.3 Å². The van der Waals surface area contributed by atoms with Crippen LogP contribution >= 0.6 is 0 Å². The van der Waals surface area contributed by atoms with Gasteiger partial charge in [0.15, 0.2) is 0 Å². The van der Waals surface area contributed by atoms with Crippen LogP contribution in [0.5, 0.6) is 0 Å². The number of carbonyl (C=O) groups is 1. The first-order valence-corrected chi connectivity index (χ1v) is 6.02. The standard InChI is InChI=1S/C13H19N3O/c1-10-3-4-12(11(7-10)8-14)16-6-2-5-15-13(17)9-16/h3-4,7H,2,5-6,8-9,14H2,1H3,(H,15,17). The van der Waals surface area contributed by atoms with Crippen molar-refractivity contribution in [3.63, 3.8) is 0 Å². The number of rotatable bonds is 2. The van der Waals surface area contributed by atoms with Crippen LogP contribution in [0.4, 0.5) is 5.69 Å². The fraction of sp³-hybridized carbons (Fsp3) is 0.462. The lowest BCUT2D eigenvalue weighted by molar-refractivity contribution is -0.119. The summed E-state index contributed by atoms with van der Waals surface area (Å²) in [6.07, 6.45) is 0.976. The fourth-order valence-corrected chi connectivity index (χ4v) is 2.20. The molecule has 92 valence electrons. The summed E-state index contributed by atoms with van der Waals surface area (Å²) < 4.78 is 0. The molecule has 0 aliphatic carbocycles. The van der Waals surface area contributed by atoms with Crippen molar-refractivity contribution in [2.24, 2.45) is 5.73 Å². The quantitative estimate of drug-likeness (QED) is 0.793. The van der Waals surface area contributed by atoms with E-state index in [2.05, 4.69) is 35.3 Å². The fourth-order valence-electron chi connectivity index (χ4n) is 2.20. The van der Waals surface area contributed by atoms with Crippen molar-refractivity contribution in [1.82, 2.24) is 5.32 Å². The smallest absolute Gasteiger partial charge is 0.239 e. The molecule has 1 aromatic rings. The first-order valence-electron chi connectivity index (χ1n) is 6.02. The van der Waals surface area contributed by atoms with Gasteiger partial charge in [-0.2, -0.15) is 0 Å². The van der Waals surface area contributed by atoms with Crippen LogP contribution in [-0.4, -0.2) is 25.5 Å². The van der Waals surface area contributed by atoms with E-state index in [-0.39, 0.29) is 5.91 Å². The number of aryl methyl sites for hydroxylation is 1. The second-order valence-electron chi connectivity index (χ2n) is 4.46. The zero-order chi connectivity index (χ0) is 12.3. The average molecular weight is 233 g/mol. The summed E-state index contributed by atoms with van der Waals surface area (Å²) in [5.74, 6) is 0.0889. The van der Waals surface area contributed by atoms with Crippen LogP contribution < -0.4 is 16.0 Å². The third-order valence-electron chi connectivity index (χ3n) is 3.06. The molecule has 0 atom stereocenters. The zero-order valence-electron chi connectivity index (χ0n) is 10.2. The minimum atomic E-state index is 0.0889. The molecule has 4 heteroatoms. The van der Waals surface area contributed by atoms with Gasteiger partial charge in [-0.05, 0) is 25.0 Å². The van der Waals surface area contributed by atoms with Crippen molar-refractivity contribution in [3.05, 3.63) is 29.3 Å². The SMILES string of the molecule is Cc1ccc(N2CCCNC(=O)C2)c(CN)c1. The van der Waals surface area contributed by atoms with Crippen LogP contribution in [0.15, 0.2) is 18.2 Å². The lowest BCUT2D eigenvalue weighted by atomic mass is 10.1. The first kappa shape index (κ1) is 11.9. The molecule has 1 aliphatic heterocycles. The maximum absolute atomic E-state index is 11.5. The van der Waals surface area contributed by atoms with Crippen LogP contribution in [0.3, 0.4) is 0 Å². The van der Waals surface area contributed by atoms with Crippen molar-refractivity contribution in [1.29, 1.82) is 0 Å². The van der Waals surface area contributed by atoms with Gasteiger partial charge in [0.2, 0.25) is 5.91 Å². The lowest BCUT2D eigenvalue weighted by Crippen LogP contribution is -2.33. The molecular formula is C13H19N3O. The van der Waals surface area contributed by atoms with E-state index < -0.39 is 0 Å². The van der Waals surface area contributed by atoms with E-state index in [0.717, 1.165) is 30.8 Å². The number of hydrogen-bond acceptors (Lipinski definition) is 3. The molecule has 0 spiro atoms. The summed E-state index contributed by atoms with van der Waals surface area (Å²) in [5, 5.41) is 2.88. The molecule has 17 heavy (non-hydrogen) atoms. The second kappa shape index (κ2) is 5.19. The summed E-state index contributed by atoms with van der Waals surface area (Å²) >= 11 is 0. The molecule has 3 N–H and O–H groups in total. The minimum Gasteiger partial charge on any atom is -0.362 e. The van der Waals surface area contributed by atoms with E-state index in [9.17, 15) is 4.79 Å². The second-order valence-corrected chi connectivity index (χ2v) is 4.46. The van der Waals surface area contributed by atoms with Crippen LogP contribution in [0, 0.1) is 6.92 Å². The average Bonchev–Trinajstić information content (AvgIpc) is 2.53. The van der Waals surface area contributed by atoms with E-state index >= 15 is 0 Å². The number of nitrogens with two attached hydrogens (primary N) is 1. The van der Waals surface area contributed by atoms with Gasteiger partial charge >= 0.3 is 0 Å². The molecule has 1 aliphatic rings. The van der Waals surface area contributed by atoms with E-state index in [1.54, 1.807) is 0 Å². The van der Waals surface area contributed by atoms with Crippen molar-refractivity contribution < 1.29 is 4.79 Å². The Balaban J connectivity index is 2.28. The van der Waals surface area contributed by atoms with E-state index in [1.165, 1.54) is 5.56 Å². The normalized spacial score (nSPS) is 16.6. The van der Waals surface area contributed by atoms with Crippen LogP contribution in [0.2, 0.25) is 0 Å². The molecule has 1 saturated heterocycles. The van der Waals surface area contributed by atoms with Gasteiger partial charge in [-0.1, -0.05) is 17.7 Å². The molecule has 0 aromatic heterocycles. The Hall–Kier alpha value is -1.55. The van der Waals surface area contributed by atoms with Crippen molar-refractivity contribution in [2.75, 3.05) is 24.5 Å². The highest BCUT2D eigenvalue weighted by Gasteiger charge is 2.16. The van der Waals surface area contributed by atoms with E-state index in [1.807, 2.05) is 0 Å². The molecular weight excluding hydrogens is 214 g/mol. The first-order chi connectivity index (χ1) is 8.20. The van der Waals surface area contributed by atoms with Crippen molar-refractivity contribution in [2.45, 2.75) is 19.9 Å². The van der Waals surface area contributed by atoms with Gasteiger partial charge in [0, 0.05) is 25.3 Å². The Bertz CT molecular complexity index is 417. The number of nitrogens with zero attached hydrogens (tertiary/aromatic N) is 1. The largest absolute Gasteiger partial charge is 0.362 e. The third-order valence-corrected chi connectivity index (χ3v) is 3.06. The number of nitrogens with one attached hydrogen (secondary N) is 1. The summed E-state index contributed by atoms with van der Waals surface area (Å²) in [4.78, 5) is 13.7. The van der Waals surface area contributed by atoms with Crippen molar-refractivity contribution in [3.8, 4) is 0 Å². The molecule has 4 nitrogen and oxygen atoms in total. The van der Waals surface area contributed by atoms with Crippen LogP contribution in [0.1, 0.15) is 17.5 Å². The summed E-state index contributed by atoms with van der Waals surface area (Å²) in [6, 6.07) is 6.23. The monoisotopic (exact) mass is 233 g/mol. The van der Waals surface area contributed by atoms with E-state index in [4.69, 9.17) is 5.73 Å². The summed E-state index contributed by atoms with van der Waals surface area (Å²) in [6.45, 7) is 4.65. The topological polar surface area (TPSA) is 58.4 Å². The molecule has 2 rings (SSSR count). The van der Waals surface area contributed by atoms with Crippen molar-refractivity contribution >= 4 is 11.6 Å². The number of amides is 1. The maximum atomic E-state index is 11.5. The Morgan fingerprint density at radius 1 is 1.47 bits per heavy atom. The Morgan fingerprint density at radius 3 is 3.06 bits per heavy atom. The molecule has 1 fully saturated rings. The van der Waals surface area contributed by atoms with Gasteiger partial charge in [-0.3, -0.25) is 4.79 Å². The molecule has 0 bridgehead atoms. The highest BCUT2D eigenvalue weighted by Crippen LogP contribution is 2.22. The summed E-state index contributed by atoms with van der Waals surface area (Å²) in [7, 11) is 0. The number of anilines is 1. The lowest BCUT2D eigenvalue weighted by Gasteiger charge is -2.24. The number of carbonyl (C=O) groups excluding carboxylic acids is 1.